The Balaban J connectivity index is 2.31. The number of hydrogen-bond acceptors (Lipinski definition) is 2. The molecule has 1 nitrogen and oxygen atoms in total. The van der Waals surface area contributed by atoms with Crippen LogP contribution in [0.15, 0.2) is 29.6 Å². The zero-order chi connectivity index (χ0) is 11.5. The minimum absolute atomic E-state index is 0.591. The Kier molecular flexibility index (Phi) is 3.31. The Morgan fingerprint density at radius 3 is 2.62 bits per heavy atom. The van der Waals surface area contributed by atoms with E-state index in [4.69, 9.17) is 5.73 Å². The monoisotopic (exact) mass is 239 g/mol. The van der Waals surface area contributed by atoms with Gasteiger partial charge in [-0.3, -0.25) is 0 Å². The van der Waals surface area contributed by atoms with E-state index >= 15 is 0 Å². The largest absolute Gasteiger partial charge is 0.330 e. The third-order valence-electron chi connectivity index (χ3n) is 2.29. The Hall–Kier alpha value is -1.26. The third kappa shape index (κ3) is 2.28. The highest BCUT2D eigenvalue weighted by molar-refractivity contribution is 7.13. The predicted molar refractivity (Wildman–Crippen MR) is 62.4 cm³/mol. The Labute approximate surface area is 96.5 Å². The van der Waals surface area contributed by atoms with Crippen molar-refractivity contribution in [3.05, 3.63) is 46.8 Å². The van der Waals surface area contributed by atoms with Crippen molar-refractivity contribution in [1.82, 2.24) is 0 Å². The molecule has 0 aliphatic carbocycles. The van der Waals surface area contributed by atoms with E-state index in [1.165, 1.54) is 17.4 Å². The molecule has 4 heteroatoms. The van der Waals surface area contributed by atoms with Gasteiger partial charge in [0.15, 0.2) is 11.6 Å². The van der Waals surface area contributed by atoms with E-state index in [0.717, 1.165) is 22.9 Å². The second-order valence-electron chi connectivity index (χ2n) is 3.49. The normalized spacial score (nSPS) is 10.7. The molecule has 84 valence electrons. The molecular weight excluding hydrogens is 228 g/mol. The lowest BCUT2D eigenvalue weighted by molar-refractivity contribution is 0.509. The molecule has 0 fully saturated rings. The molecule has 0 aliphatic rings. The van der Waals surface area contributed by atoms with Gasteiger partial charge < -0.3 is 5.73 Å². The fourth-order valence-electron chi connectivity index (χ4n) is 1.47. The van der Waals surface area contributed by atoms with Crippen molar-refractivity contribution in [3.8, 4) is 10.4 Å². The van der Waals surface area contributed by atoms with E-state index in [1.807, 2.05) is 11.4 Å². The summed E-state index contributed by atoms with van der Waals surface area (Å²) in [5.41, 5.74) is 7.28. The maximum Gasteiger partial charge on any atom is 0.159 e. The molecule has 2 aromatic rings. The summed E-state index contributed by atoms with van der Waals surface area (Å²) in [4.78, 5) is 0.933. The fraction of sp³-hybridized carbons (Fsp3) is 0.167. The molecule has 2 N–H and O–H groups in total. The van der Waals surface area contributed by atoms with Crippen LogP contribution in [0.4, 0.5) is 8.78 Å². The number of halogens is 2. The van der Waals surface area contributed by atoms with Gasteiger partial charge in [0.1, 0.15) is 0 Å². The van der Waals surface area contributed by atoms with Gasteiger partial charge in [0.25, 0.3) is 0 Å². The average Bonchev–Trinajstić information content (AvgIpc) is 2.71. The molecule has 0 radical (unpaired) electrons. The van der Waals surface area contributed by atoms with Gasteiger partial charge in [-0.05, 0) is 47.7 Å². The molecule has 0 aliphatic heterocycles. The molecule has 0 saturated carbocycles. The molecule has 0 saturated heterocycles. The van der Waals surface area contributed by atoms with Gasteiger partial charge in [-0.25, -0.2) is 8.78 Å². The molecule has 0 bridgehead atoms. The van der Waals surface area contributed by atoms with Crippen molar-refractivity contribution in [2.24, 2.45) is 5.73 Å². The summed E-state index contributed by atoms with van der Waals surface area (Å²) in [7, 11) is 0. The second kappa shape index (κ2) is 4.72. The van der Waals surface area contributed by atoms with Crippen LogP contribution in [-0.2, 0) is 6.42 Å². The Morgan fingerprint density at radius 1 is 1.12 bits per heavy atom. The molecule has 0 amide bonds. The van der Waals surface area contributed by atoms with Gasteiger partial charge in [-0.15, -0.1) is 11.3 Å². The second-order valence-corrected chi connectivity index (χ2v) is 4.40. The van der Waals surface area contributed by atoms with E-state index in [9.17, 15) is 8.78 Å². The summed E-state index contributed by atoms with van der Waals surface area (Å²) in [6.45, 7) is 0.591. The number of benzene rings is 1. The molecule has 0 atom stereocenters. The Morgan fingerprint density at radius 2 is 1.94 bits per heavy atom. The van der Waals surface area contributed by atoms with E-state index in [-0.39, 0.29) is 0 Å². The van der Waals surface area contributed by atoms with Crippen molar-refractivity contribution in [3.63, 3.8) is 0 Å². The first kappa shape index (κ1) is 11.2. The van der Waals surface area contributed by atoms with E-state index < -0.39 is 11.6 Å². The highest BCUT2D eigenvalue weighted by Crippen LogP contribution is 2.28. The van der Waals surface area contributed by atoms with Crippen LogP contribution in [0.1, 0.15) is 5.56 Å². The molecule has 1 heterocycles. The highest BCUT2D eigenvalue weighted by Gasteiger charge is 2.06. The molecule has 16 heavy (non-hydrogen) atoms. The first-order valence-electron chi connectivity index (χ1n) is 4.93. The van der Waals surface area contributed by atoms with Crippen LogP contribution in [0.3, 0.4) is 0 Å². The first-order valence-corrected chi connectivity index (χ1v) is 5.81. The van der Waals surface area contributed by atoms with Gasteiger partial charge in [-0.1, -0.05) is 6.07 Å². The number of rotatable bonds is 3. The summed E-state index contributed by atoms with van der Waals surface area (Å²) >= 11 is 1.51. The number of hydrogen-bond donors (Lipinski definition) is 1. The standard InChI is InChI=1S/C12H11F2NS/c13-10-2-1-9(6-11(10)14)12-5-8(3-4-15)7-16-12/h1-2,5-7H,3-4,15H2. The first-order chi connectivity index (χ1) is 7.70. The van der Waals surface area contributed by atoms with Crippen LogP contribution in [0.2, 0.25) is 0 Å². The number of thiophene rings is 1. The van der Waals surface area contributed by atoms with Gasteiger partial charge in [0.05, 0.1) is 0 Å². The third-order valence-corrected chi connectivity index (χ3v) is 3.32. The van der Waals surface area contributed by atoms with Gasteiger partial charge in [-0.2, -0.15) is 0 Å². The molecule has 0 unspecified atom stereocenters. The smallest absolute Gasteiger partial charge is 0.159 e. The maximum atomic E-state index is 13.0. The van der Waals surface area contributed by atoms with Crippen molar-refractivity contribution in [2.75, 3.05) is 6.54 Å². The topological polar surface area (TPSA) is 26.0 Å². The maximum absolute atomic E-state index is 13.0. The van der Waals surface area contributed by atoms with E-state index in [1.54, 1.807) is 6.07 Å². The lowest BCUT2D eigenvalue weighted by atomic mass is 10.1. The van der Waals surface area contributed by atoms with Crippen LogP contribution in [0, 0.1) is 11.6 Å². The SMILES string of the molecule is NCCc1csc(-c2ccc(F)c(F)c2)c1. The van der Waals surface area contributed by atoms with Gasteiger partial charge in [0, 0.05) is 4.88 Å². The zero-order valence-electron chi connectivity index (χ0n) is 8.54. The minimum atomic E-state index is -0.817. The molecule has 1 aromatic heterocycles. The Bertz CT molecular complexity index is 494. The van der Waals surface area contributed by atoms with Crippen molar-refractivity contribution < 1.29 is 8.78 Å². The lowest BCUT2D eigenvalue weighted by Gasteiger charge is -1.98. The van der Waals surface area contributed by atoms with Crippen LogP contribution in [-0.4, -0.2) is 6.54 Å². The lowest BCUT2D eigenvalue weighted by Crippen LogP contribution is -2.01. The molecule has 2 rings (SSSR count). The average molecular weight is 239 g/mol. The van der Waals surface area contributed by atoms with Crippen molar-refractivity contribution in [1.29, 1.82) is 0 Å². The zero-order valence-corrected chi connectivity index (χ0v) is 9.36. The van der Waals surface area contributed by atoms with Gasteiger partial charge in [0.2, 0.25) is 0 Å². The minimum Gasteiger partial charge on any atom is -0.330 e. The highest BCUT2D eigenvalue weighted by atomic mass is 32.1. The molecular formula is C12H11F2NS. The van der Waals surface area contributed by atoms with Crippen LogP contribution in [0.5, 0.6) is 0 Å². The van der Waals surface area contributed by atoms with Crippen LogP contribution >= 0.6 is 11.3 Å². The summed E-state index contributed by atoms with van der Waals surface area (Å²) < 4.78 is 25.8. The van der Waals surface area contributed by atoms with Crippen molar-refractivity contribution in [2.45, 2.75) is 6.42 Å². The summed E-state index contributed by atoms with van der Waals surface area (Å²) in [6.07, 6.45) is 0.806. The summed E-state index contributed by atoms with van der Waals surface area (Å²) in [5.74, 6) is -1.63. The summed E-state index contributed by atoms with van der Waals surface area (Å²) in [6, 6.07) is 5.90. The van der Waals surface area contributed by atoms with Crippen LogP contribution in [0.25, 0.3) is 10.4 Å². The molecule has 1 aromatic carbocycles. The van der Waals surface area contributed by atoms with E-state index in [0.29, 0.717) is 12.1 Å². The van der Waals surface area contributed by atoms with E-state index in [2.05, 4.69) is 0 Å². The predicted octanol–water partition coefficient (Wildman–Crippen LogP) is 3.19. The van der Waals surface area contributed by atoms with Crippen molar-refractivity contribution >= 4 is 11.3 Å². The number of nitrogens with two attached hydrogens (primary N) is 1. The quantitative estimate of drug-likeness (QED) is 0.874. The fourth-order valence-corrected chi connectivity index (χ4v) is 2.42. The van der Waals surface area contributed by atoms with Gasteiger partial charge >= 0.3 is 0 Å². The summed E-state index contributed by atoms with van der Waals surface area (Å²) in [5, 5.41) is 1.99. The molecule has 0 spiro atoms. The van der Waals surface area contributed by atoms with Crippen LogP contribution < -0.4 is 5.73 Å².